The molecule has 1 N–H and O–H groups in total. The molecule has 20 heavy (non-hydrogen) atoms. The van der Waals surface area contributed by atoms with Crippen LogP contribution in [-0.2, 0) is 13.2 Å². The van der Waals surface area contributed by atoms with Gasteiger partial charge in [0, 0.05) is 6.54 Å². The van der Waals surface area contributed by atoms with Crippen LogP contribution in [0.3, 0.4) is 0 Å². The number of hydrogen-bond donors (Lipinski definition) is 1. The maximum absolute atomic E-state index is 8.72. The number of ether oxygens (including phenoxy) is 1. The third kappa shape index (κ3) is 3.17. The summed E-state index contributed by atoms with van der Waals surface area (Å²) in [7, 11) is 0. The van der Waals surface area contributed by atoms with Crippen molar-refractivity contribution in [3.05, 3.63) is 47.3 Å². The first-order chi connectivity index (χ1) is 9.63. The molecule has 0 amide bonds. The lowest BCUT2D eigenvalue weighted by molar-refractivity contribution is 0.292. The fourth-order valence-electron chi connectivity index (χ4n) is 2.00. The molecule has 0 atom stereocenters. The molecule has 2 rings (SSSR count). The number of rotatable bonds is 5. The lowest BCUT2D eigenvalue weighted by Gasteiger charge is -2.08. The molecular weight excluding hydrogens is 254 g/mol. The van der Waals surface area contributed by atoms with E-state index in [1.807, 2.05) is 41.9 Å². The summed E-state index contributed by atoms with van der Waals surface area (Å²) < 4.78 is 7.69. The van der Waals surface area contributed by atoms with E-state index < -0.39 is 0 Å². The van der Waals surface area contributed by atoms with Crippen molar-refractivity contribution in [1.82, 2.24) is 9.78 Å². The Morgan fingerprint density at radius 3 is 2.65 bits per heavy atom. The summed E-state index contributed by atoms with van der Waals surface area (Å²) in [5.41, 5.74) is 3.50. The Labute approximate surface area is 118 Å². The molecule has 1 aromatic heterocycles. The third-order valence-electron chi connectivity index (χ3n) is 3.09. The molecule has 1 aromatic carbocycles. The van der Waals surface area contributed by atoms with E-state index in [-0.39, 0.29) is 0 Å². The van der Waals surface area contributed by atoms with Gasteiger partial charge in [0.15, 0.2) is 0 Å². The normalized spacial score (nSPS) is 11.7. The van der Waals surface area contributed by atoms with Crippen LogP contribution in [0.1, 0.15) is 30.8 Å². The van der Waals surface area contributed by atoms with Crippen molar-refractivity contribution >= 4 is 5.71 Å². The second-order valence-corrected chi connectivity index (χ2v) is 4.59. The molecule has 0 unspecified atom stereocenters. The minimum Gasteiger partial charge on any atom is -0.487 e. The average molecular weight is 273 g/mol. The van der Waals surface area contributed by atoms with E-state index in [9.17, 15) is 0 Å². The topological polar surface area (TPSA) is 59.6 Å². The summed E-state index contributed by atoms with van der Waals surface area (Å²) in [4.78, 5) is 0. The van der Waals surface area contributed by atoms with Crippen LogP contribution in [0.4, 0.5) is 0 Å². The molecule has 1 heterocycles. The highest BCUT2D eigenvalue weighted by Gasteiger charge is 2.05. The highest BCUT2D eigenvalue weighted by Crippen LogP contribution is 2.15. The Hall–Kier alpha value is -2.30. The molecule has 0 aliphatic rings. The van der Waals surface area contributed by atoms with Crippen LogP contribution in [0.2, 0.25) is 0 Å². The van der Waals surface area contributed by atoms with Crippen LogP contribution in [0.5, 0.6) is 5.75 Å². The standard InChI is InChI=1S/C15H19N3O2/c1-4-18-14(9-11(2)16-18)10-20-15-7-5-13(6-8-15)12(3)17-19/h5-9,19H,4,10H2,1-3H3. The molecule has 0 aliphatic heterocycles. The van der Waals surface area contributed by atoms with E-state index in [4.69, 9.17) is 9.94 Å². The van der Waals surface area contributed by atoms with Crippen LogP contribution in [0.25, 0.3) is 0 Å². The fourth-order valence-corrected chi connectivity index (χ4v) is 2.00. The van der Waals surface area contributed by atoms with Gasteiger partial charge in [-0.15, -0.1) is 0 Å². The summed E-state index contributed by atoms with van der Waals surface area (Å²) in [6.07, 6.45) is 0. The number of aromatic nitrogens is 2. The third-order valence-corrected chi connectivity index (χ3v) is 3.09. The van der Waals surface area contributed by atoms with Crippen LogP contribution in [-0.4, -0.2) is 20.7 Å². The summed E-state index contributed by atoms with van der Waals surface area (Å²) >= 11 is 0. The molecule has 0 saturated heterocycles. The van der Waals surface area contributed by atoms with Crippen molar-refractivity contribution in [3.8, 4) is 5.75 Å². The van der Waals surface area contributed by atoms with Gasteiger partial charge in [-0.1, -0.05) is 5.16 Å². The Bertz CT molecular complexity index is 600. The summed E-state index contributed by atoms with van der Waals surface area (Å²) in [6.45, 7) is 7.10. The molecule has 0 saturated carbocycles. The Kier molecular flexibility index (Phi) is 4.40. The van der Waals surface area contributed by atoms with E-state index in [1.165, 1.54) is 0 Å². The quantitative estimate of drug-likeness (QED) is 0.517. The van der Waals surface area contributed by atoms with E-state index in [0.717, 1.165) is 29.2 Å². The fraction of sp³-hybridized carbons (Fsp3) is 0.333. The van der Waals surface area contributed by atoms with Crippen molar-refractivity contribution in [2.75, 3.05) is 0 Å². The van der Waals surface area contributed by atoms with E-state index >= 15 is 0 Å². The molecule has 5 heteroatoms. The van der Waals surface area contributed by atoms with E-state index in [1.54, 1.807) is 6.92 Å². The minimum atomic E-state index is 0.487. The molecule has 0 bridgehead atoms. The number of hydrogen-bond acceptors (Lipinski definition) is 4. The Balaban J connectivity index is 2.04. The second-order valence-electron chi connectivity index (χ2n) is 4.59. The van der Waals surface area contributed by atoms with Gasteiger partial charge in [0.05, 0.1) is 17.1 Å². The number of benzene rings is 1. The zero-order valence-corrected chi connectivity index (χ0v) is 12.0. The first kappa shape index (κ1) is 14.1. The van der Waals surface area contributed by atoms with Gasteiger partial charge in [0.25, 0.3) is 0 Å². The minimum absolute atomic E-state index is 0.487. The van der Waals surface area contributed by atoms with Crippen molar-refractivity contribution < 1.29 is 9.94 Å². The zero-order chi connectivity index (χ0) is 14.5. The number of nitrogens with zero attached hydrogens (tertiary/aromatic N) is 3. The van der Waals surface area contributed by atoms with Gasteiger partial charge in [-0.3, -0.25) is 4.68 Å². The van der Waals surface area contributed by atoms with Gasteiger partial charge in [0.1, 0.15) is 12.4 Å². The Morgan fingerprint density at radius 2 is 2.05 bits per heavy atom. The lowest BCUT2D eigenvalue weighted by atomic mass is 10.1. The molecule has 2 aromatic rings. The highest BCUT2D eigenvalue weighted by atomic mass is 16.5. The van der Waals surface area contributed by atoms with Gasteiger partial charge in [-0.2, -0.15) is 5.10 Å². The smallest absolute Gasteiger partial charge is 0.130 e. The summed E-state index contributed by atoms with van der Waals surface area (Å²) in [5.74, 6) is 0.779. The van der Waals surface area contributed by atoms with Crippen molar-refractivity contribution in [2.24, 2.45) is 5.16 Å². The molecule has 5 nitrogen and oxygen atoms in total. The van der Waals surface area contributed by atoms with Crippen LogP contribution in [0, 0.1) is 6.92 Å². The number of aryl methyl sites for hydroxylation is 2. The first-order valence-electron chi connectivity index (χ1n) is 6.59. The van der Waals surface area contributed by atoms with Gasteiger partial charge in [-0.05, 0) is 56.7 Å². The predicted octanol–water partition coefficient (Wildman–Crippen LogP) is 2.99. The first-order valence-corrected chi connectivity index (χ1v) is 6.59. The molecular formula is C15H19N3O2. The molecule has 0 radical (unpaired) electrons. The van der Waals surface area contributed by atoms with E-state index in [0.29, 0.717) is 12.3 Å². The zero-order valence-electron chi connectivity index (χ0n) is 12.0. The van der Waals surface area contributed by atoms with Crippen LogP contribution < -0.4 is 4.74 Å². The van der Waals surface area contributed by atoms with Gasteiger partial charge >= 0.3 is 0 Å². The van der Waals surface area contributed by atoms with Crippen LogP contribution >= 0.6 is 0 Å². The van der Waals surface area contributed by atoms with Crippen molar-refractivity contribution in [2.45, 2.75) is 33.9 Å². The number of oxime groups is 1. The monoisotopic (exact) mass is 273 g/mol. The molecule has 106 valence electrons. The van der Waals surface area contributed by atoms with Crippen LogP contribution in [0.15, 0.2) is 35.5 Å². The molecule has 0 fully saturated rings. The van der Waals surface area contributed by atoms with Gasteiger partial charge in [-0.25, -0.2) is 0 Å². The van der Waals surface area contributed by atoms with Gasteiger partial charge < -0.3 is 9.94 Å². The van der Waals surface area contributed by atoms with Crippen molar-refractivity contribution in [3.63, 3.8) is 0 Å². The Morgan fingerprint density at radius 1 is 1.35 bits per heavy atom. The maximum atomic E-state index is 8.72. The van der Waals surface area contributed by atoms with Gasteiger partial charge in [0.2, 0.25) is 0 Å². The van der Waals surface area contributed by atoms with Crippen molar-refractivity contribution in [1.29, 1.82) is 0 Å². The molecule has 0 spiro atoms. The molecule has 0 aliphatic carbocycles. The highest BCUT2D eigenvalue weighted by molar-refractivity contribution is 5.98. The lowest BCUT2D eigenvalue weighted by Crippen LogP contribution is -2.06. The SMILES string of the molecule is CCn1nc(C)cc1COc1ccc(C(C)=NO)cc1. The average Bonchev–Trinajstić information content (AvgIpc) is 2.85. The predicted molar refractivity (Wildman–Crippen MR) is 77.4 cm³/mol. The van der Waals surface area contributed by atoms with E-state index in [2.05, 4.69) is 17.2 Å². The summed E-state index contributed by atoms with van der Waals surface area (Å²) in [5, 5.41) is 16.3. The second kappa shape index (κ2) is 6.23. The summed E-state index contributed by atoms with van der Waals surface area (Å²) in [6, 6.07) is 9.49. The maximum Gasteiger partial charge on any atom is 0.130 e. The largest absolute Gasteiger partial charge is 0.487 e.